The number of rotatable bonds is 7. The van der Waals surface area contributed by atoms with Gasteiger partial charge in [-0.3, -0.25) is 15.1 Å². The zero-order valence-corrected chi connectivity index (χ0v) is 22.2. The Balaban J connectivity index is 1.37. The average Bonchev–Trinajstić information content (AvgIpc) is 3.59. The average molecular weight is 518 g/mol. The van der Waals surface area contributed by atoms with Crippen LogP contribution < -0.4 is 0 Å². The molecule has 0 radical (unpaired) electrons. The molecule has 0 atom stereocenters. The molecule has 6 heteroatoms. The number of hydrogen-bond donors (Lipinski definition) is 2. The molecular weight excluding hydrogens is 485 g/mol. The third-order valence-corrected chi connectivity index (χ3v) is 7.81. The predicted molar refractivity (Wildman–Crippen MR) is 157 cm³/mol. The van der Waals surface area contributed by atoms with E-state index < -0.39 is 0 Å². The number of benzene rings is 1. The van der Waals surface area contributed by atoms with Crippen molar-refractivity contribution in [3.8, 4) is 22.6 Å². The Morgan fingerprint density at radius 1 is 1.03 bits per heavy atom. The third kappa shape index (κ3) is 5.07. The normalized spacial score (nSPS) is 15.3. The van der Waals surface area contributed by atoms with Gasteiger partial charge in [0.1, 0.15) is 11.5 Å². The molecule has 0 bridgehead atoms. The molecule has 1 saturated carbocycles. The summed E-state index contributed by atoms with van der Waals surface area (Å²) >= 11 is 0. The largest absolute Gasteiger partial charge is 0.353 e. The summed E-state index contributed by atoms with van der Waals surface area (Å²) < 4.78 is 13.9. The zero-order valence-electron chi connectivity index (χ0n) is 22.2. The van der Waals surface area contributed by atoms with Crippen molar-refractivity contribution in [2.75, 3.05) is 0 Å². The van der Waals surface area contributed by atoms with Crippen LogP contribution in [0, 0.1) is 11.7 Å². The molecule has 196 valence electrons. The Kier molecular flexibility index (Phi) is 6.93. The molecule has 1 aliphatic rings. The highest BCUT2D eigenvalue weighted by Gasteiger charge is 2.17. The highest BCUT2D eigenvalue weighted by atomic mass is 19.1. The Morgan fingerprint density at radius 2 is 1.87 bits per heavy atom. The molecule has 0 aliphatic heterocycles. The number of aromatic nitrogens is 5. The number of halogens is 1. The quantitative estimate of drug-likeness (QED) is 0.212. The Morgan fingerprint density at radius 3 is 2.67 bits per heavy atom. The van der Waals surface area contributed by atoms with Crippen LogP contribution in [0.4, 0.5) is 4.39 Å². The fourth-order valence-corrected chi connectivity index (χ4v) is 5.76. The van der Waals surface area contributed by atoms with Crippen molar-refractivity contribution in [1.29, 1.82) is 0 Å². The van der Waals surface area contributed by atoms with Crippen LogP contribution in [-0.4, -0.2) is 25.1 Å². The maximum atomic E-state index is 13.9. The number of nitrogens with one attached hydrogen (secondary N) is 2. The van der Waals surface area contributed by atoms with Gasteiger partial charge in [0.05, 0.1) is 28.8 Å². The summed E-state index contributed by atoms with van der Waals surface area (Å²) in [5, 5.41) is 9.65. The van der Waals surface area contributed by atoms with Crippen molar-refractivity contribution < 1.29 is 4.39 Å². The molecule has 4 aromatic heterocycles. The van der Waals surface area contributed by atoms with E-state index in [0.717, 1.165) is 68.1 Å². The zero-order chi connectivity index (χ0) is 26.8. The van der Waals surface area contributed by atoms with Crippen LogP contribution in [0.2, 0.25) is 0 Å². The van der Waals surface area contributed by atoms with Crippen LogP contribution in [0.1, 0.15) is 51.1 Å². The molecule has 1 aliphatic carbocycles. The first-order chi connectivity index (χ1) is 19.1. The first-order valence-corrected chi connectivity index (χ1v) is 13.7. The second-order valence-corrected chi connectivity index (χ2v) is 10.4. The maximum absolute atomic E-state index is 13.9. The molecule has 0 spiro atoms. The van der Waals surface area contributed by atoms with E-state index >= 15 is 0 Å². The van der Waals surface area contributed by atoms with Crippen molar-refractivity contribution in [3.05, 3.63) is 96.7 Å². The smallest absolute Gasteiger partial charge is 0.123 e. The van der Waals surface area contributed by atoms with E-state index in [0.29, 0.717) is 0 Å². The van der Waals surface area contributed by atoms with Gasteiger partial charge in [-0.2, -0.15) is 5.10 Å². The van der Waals surface area contributed by atoms with Gasteiger partial charge in [-0.1, -0.05) is 63.0 Å². The second-order valence-electron chi connectivity index (χ2n) is 10.4. The van der Waals surface area contributed by atoms with Gasteiger partial charge in [0, 0.05) is 28.0 Å². The summed E-state index contributed by atoms with van der Waals surface area (Å²) in [5.41, 5.74) is 8.14. The van der Waals surface area contributed by atoms with E-state index in [1.165, 1.54) is 49.8 Å². The van der Waals surface area contributed by atoms with E-state index in [1.807, 2.05) is 37.4 Å². The number of pyridine rings is 2. The minimum absolute atomic E-state index is 0.285. The minimum atomic E-state index is -0.285. The summed E-state index contributed by atoms with van der Waals surface area (Å²) in [6, 6.07) is 12.6. The van der Waals surface area contributed by atoms with Crippen molar-refractivity contribution in [1.82, 2.24) is 25.1 Å². The molecular formula is C33H32FN5. The van der Waals surface area contributed by atoms with Crippen LogP contribution in [0.15, 0.2) is 85.2 Å². The Labute approximate surface area is 227 Å². The first kappa shape index (κ1) is 25.0. The van der Waals surface area contributed by atoms with E-state index in [2.05, 4.69) is 45.0 Å². The van der Waals surface area contributed by atoms with Crippen molar-refractivity contribution >= 4 is 27.4 Å². The lowest BCUT2D eigenvalue weighted by molar-refractivity contribution is 0.358. The van der Waals surface area contributed by atoms with Gasteiger partial charge in [0.25, 0.3) is 0 Å². The monoisotopic (exact) mass is 517 g/mol. The van der Waals surface area contributed by atoms with Gasteiger partial charge in [0.15, 0.2) is 0 Å². The standard InChI is InChI=1S/C33H32FN5/c1-3-21(15-22-9-6-5-7-10-22)16-23(4-2)29-18-27-31(20-36-29)38-39-33(27)30-19-26-28(37-30)13-14-35-32(26)24-11-8-12-25(34)17-24/h3-4,8,11-14,16-20,22,37H,1,5-7,9-10,15H2,2H3,(H,38,39)/b21-16+,23-4+. The molecule has 6 rings (SSSR count). The van der Waals surface area contributed by atoms with Gasteiger partial charge in [-0.05, 0) is 66.8 Å². The fraction of sp³-hybridized carbons (Fsp3) is 0.242. The van der Waals surface area contributed by atoms with Crippen LogP contribution >= 0.6 is 0 Å². The van der Waals surface area contributed by atoms with E-state index in [-0.39, 0.29) is 5.82 Å². The van der Waals surface area contributed by atoms with Crippen molar-refractivity contribution in [2.45, 2.75) is 45.4 Å². The third-order valence-electron chi connectivity index (χ3n) is 7.81. The molecule has 39 heavy (non-hydrogen) atoms. The lowest BCUT2D eigenvalue weighted by atomic mass is 9.84. The summed E-state index contributed by atoms with van der Waals surface area (Å²) in [7, 11) is 0. The molecule has 4 heterocycles. The number of H-pyrrole nitrogens is 2. The molecule has 2 N–H and O–H groups in total. The van der Waals surface area contributed by atoms with Crippen LogP contribution in [0.25, 0.3) is 50.0 Å². The molecule has 0 saturated heterocycles. The van der Waals surface area contributed by atoms with Crippen molar-refractivity contribution in [3.63, 3.8) is 0 Å². The lowest BCUT2D eigenvalue weighted by Crippen LogP contribution is -2.06. The van der Waals surface area contributed by atoms with Gasteiger partial charge in [0.2, 0.25) is 0 Å². The molecule has 0 amide bonds. The second kappa shape index (κ2) is 10.8. The maximum Gasteiger partial charge on any atom is 0.123 e. The summed E-state index contributed by atoms with van der Waals surface area (Å²) in [4.78, 5) is 12.8. The number of allylic oxidation sites excluding steroid dienone is 5. The number of fused-ring (bicyclic) bond motifs is 2. The predicted octanol–water partition coefficient (Wildman–Crippen LogP) is 8.79. The molecule has 1 aromatic carbocycles. The highest BCUT2D eigenvalue weighted by Crippen LogP contribution is 2.34. The first-order valence-electron chi connectivity index (χ1n) is 13.7. The number of aromatic amines is 2. The van der Waals surface area contributed by atoms with Crippen LogP contribution in [-0.2, 0) is 0 Å². The number of hydrogen-bond acceptors (Lipinski definition) is 3. The summed E-state index contributed by atoms with van der Waals surface area (Å²) in [5.74, 6) is 0.457. The van der Waals surface area contributed by atoms with Crippen LogP contribution in [0.3, 0.4) is 0 Å². The van der Waals surface area contributed by atoms with E-state index in [9.17, 15) is 4.39 Å². The molecule has 1 fully saturated rings. The Hall–Kier alpha value is -4.32. The topological polar surface area (TPSA) is 70.2 Å². The van der Waals surface area contributed by atoms with Gasteiger partial charge in [-0.25, -0.2) is 4.39 Å². The molecule has 0 unspecified atom stereocenters. The summed E-state index contributed by atoms with van der Waals surface area (Å²) in [6.45, 7) is 6.15. The van der Waals surface area contributed by atoms with E-state index in [4.69, 9.17) is 4.98 Å². The summed E-state index contributed by atoms with van der Waals surface area (Å²) in [6.07, 6.45) is 17.6. The molecule has 5 aromatic rings. The Bertz CT molecular complexity index is 1710. The van der Waals surface area contributed by atoms with Gasteiger partial charge in [-0.15, -0.1) is 0 Å². The van der Waals surface area contributed by atoms with Crippen molar-refractivity contribution in [2.24, 2.45) is 5.92 Å². The lowest BCUT2D eigenvalue weighted by Gasteiger charge is -2.22. The fourth-order valence-electron chi connectivity index (χ4n) is 5.76. The van der Waals surface area contributed by atoms with Gasteiger partial charge >= 0.3 is 0 Å². The minimum Gasteiger partial charge on any atom is -0.353 e. The number of nitrogens with zero attached hydrogens (tertiary/aromatic N) is 3. The van der Waals surface area contributed by atoms with Crippen LogP contribution in [0.5, 0.6) is 0 Å². The highest BCUT2D eigenvalue weighted by molar-refractivity contribution is 6.00. The molecule has 5 nitrogen and oxygen atoms in total. The van der Waals surface area contributed by atoms with Gasteiger partial charge < -0.3 is 4.98 Å². The SMILES string of the molecule is C=C/C(=C\C(=C/C)c1cc2c(-c3cc4c(-c5cccc(F)c5)nccc4[nH]3)n[nH]c2cn1)CC1CCCCC1. The van der Waals surface area contributed by atoms with E-state index in [1.54, 1.807) is 12.3 Å².